The fourth-order valence-corrected chi connectivity index (χ4v) is 2.55. The van der Waals surface area contributed by atoms with Crippen LogP contribution in [0, 0.1) is 24.0 Å². The Balaban J connectivity index is 1.98. The van der Waals surface area contributed by atoms with Crippen molar-refractivity contribution in [3.63, 3.8) is 0 Å². The number of aliphatic hydroxyl groups is 1. The van der Waals surface area contributed by atoms with Gasteiger partial charge in [0.25, 0.3) is 5.69 Å². The molecule has 0 spiro atoms. The first-order chi connectivity index (χ1) is 11.8. The number of benzene rings is 1. The molecule has 0 fully saturated rings. The molecule has 2 amide bonds. The van der Waals surface area contributed by atoms with Crippen LogP contribution in [-0.2, 0) is 0 Å². The molecule has 2 rings (SSSR count). The van der Waals surface area contributed by atoms with E-state index in [2.05, 4.69) is 10.6 Å². The molecule has 3 N–H and O–H groups in total. The molecular weight excluding hydrogens is 326 g/mol. The molecule has 8 heteroatoms. The SMILES string of the molecule is Cc1cc(C)c([N+](=O)[O-])cc1NC(=O)N[C@H](C)C[C@@H](O)c1ccco1. The first kappa shape index (κ1) is 18.5. The first-order valence-corrected chi connectivity index (χ1v) is 7.82. The molecule has 25 heavy (non-hydrogen) atoms. The predicted octanol–water partition coefficient (Wildman–Crippen LogP) is 3.44. The number of rotatable bonds is 6. The summed E-state index contributed by atoms with van der Waals surface area (Å²) in [5.41, 5.74) is 1.57. The molecule has 0 aliphatic carbocycles. The minimum atomic E-state index is -0.826. The lowest BCUT2D eigenvalue weighted by Crippen LogP contribution is -2.37. The van der Waals surface area contributed by atoms with E-state index in [9.17, 15) is 20.0 Å². The lowest BCUT2D eigenvalue weighted by atomic mass is 10.1. The normalized spacial score (nSPS) is 13.1. The second-order valence-electron chi connectivity index (χ2n) is 5.98. The maximum atomic E-state index is 12.1. The molecule has 0 aliphatic heterocycles. The van der Waals surface area contributed by atoms with Crippen molar-refractivity contribution < 1.29 is 19.2 Å². The number of aliphatic hydroxyl groups excluding tert-OH is 1. The number of amides is 2. The van der Waals surface area contributed by atoms with Gasteiger partial charge >= 0.3 is 6.03 Å². The molecule has 134 valence electrons. The topological polar surface area (TPSA) is 118 Å². The highest BCUT2D eigenvalue weighted by atomic mass is 16.6. The van der Waals surface area contributed by atoms with Gasteiger partial charge in [0.05, 0.1) is 16.9 Å². The van der Waals surface area contributed by atoms with E-state index in [0.29, 0.717) is 17.0 Å². The summed E-state index contributed by atoms with van der Waals surface area (Å²) in [4.78, 5) is 22.6. The van der Waals surface area contributed by atoms with Crippen LogP contribution >= 0.6 is 0 Å². The van der Waals surface area contributed by atoms with E-state index >= 15 is 0 Å². The number of hydrogen-bond donors (Lipinski definition) is 3. The van der Waals surface area contributed by atoms with E-state index in [4.69, 9.17) is 4.42 Å². The molecule has 1 heterocycles. The zero-order valence-corrected chi connectivity index (χ0v) is 14.3. The van der Waals surface area contributed by atoms with Crippen LogP contribution in [0.25, 0.3) is 0 Å². The maximum Gasteiger partial charge on any atom is 0.319 e. The number of urea groups is 1. The van der Waals surface area contributed by atoms with Gasteiger partial charge in [-0.05, 0) is 44.5 Å². The third kappa shape index (κ3) is 4.80. The molecule has 2 atom stereocenters. The molecule has 0 saturated heterocycles. The van der Waals surface area contributed by atoms with Gasteiger partial charge in [0.15, 0.2) is 0 Å². The summed E-state index contributed by atoms with van der Waals surface area (Å²) in [6.45, 7) is 5.15. The Hall–Kier alpha value is -2.87. The quantitative estimate of drug-likeness (QED) is 0.546. The van der Waals surface area contributed by atoms with Gasteiger partial charge < -0.3 is 20.2 Å². The Morgan fingerprint density at radius 3 is 2.68 bits per heavy atom. The number of anilines is 1. The minimum Gasteiger partial charge on any atom is -0.467 e. The molecule has 0 unspecified atom stereocenters. The molecule has 2 aromatic rings. The zero-order valence-electron chi connectivity index (χ0n) is 14.3. The number of nitro groups is 1. The number of furan rings is 1. The van der Waals surface area contributed by atoms with Crippen molar-refractivity contribution in [2.24, 2.45) is 0 Å². The summed E-state index contributed by atoms with van der Waals surface area (Å²) in [7, 11) is 0. The molecule has 0 saturated carbocycles. The Morgan fingerprint density at radius 1 is 1.36 bits per heavy atom. The Bertz CT molecular complexity index is 758. The second-order valence-corrected chi connectivity index (χ2v) is 5.98. The van der Waals surface area contributed by atoms with Crippen molar-refractivity contribution in [1.82, 2.24) is 5.32 Å². The maximum absolute atomic E-state index is 12.1. The summed E-state index contributed by atoms with van der Waals surface area (Å²) in [5, 5.41) is 26.3. The second kappa shape index (κ2) is 7.80. The van der Waals surface area contributed by atoms with Crippen molar-refractivity contribution in [3.05, 3.63) is 57.5 Å². The molecule has 1 aromatic heterocycles. The van der Waals surface area contributed by atoms with E-state index in [0.717, 1.165) is 5.56 Å². The van der Waals surface area contributed by atoms with Gasteiger partial charge in [-0.3, -0.25) is 10.1 Å². The zero-order chi connectivity index (χ0) is 18.6. The van der Waals surface area contributed by atoms with Crippen molar-refractivity contribution in [2.75, 3.05) is 5.32 Å². The van der Waals surface area contributed by atoms with Crippen LogP contribution in [0.4, 0.5) is 16.2 Å². The number of nitrogens with zero attached hydrogens (tertiary/aromatic N) is 1. The Kier molecular flexibility index (Phi) is 5.76. The van der Waals surface area contributed by atoms with Crippen LogP contribution in [0.3, 0.4) is 0 Å². The van der Waals surface area contributed by atoms with Crippen LogP contribution in [0.2, 0.25) is 0 Å². The number of hydrogen-bond acceptors (Lipinski definition) is 5. The van der Waals surface area contributed by atoms with Gasteiger partial charge in [0.1, 0.15) is 11.9 Å². The van der Waals surface area contributed by atoms with E-state index in [-0.39, 0.29) is 18.2 Å². The van der Waals surface area contributed by atoms with Crippen molar-refractivity contribution in [1.29, 1.82) is 0 Å². The number of carbonyl (C=O) groups excluding carboxylic acids is 1. The lowest BCUT2D eigenvalue weighted by Gasteiger charge is -2.18. The molecular formula is C17H21N3O5. The summed E-state index contributed by atoms with van der Waals surface area (Å²) in [6, 6.07) is 5.49. The molecule has 0 radical (unpaired) electrons. The minimum absolute atomic E-state index is 0.0535. The van der Waals surface area contributed by atoms with E-state index in [1.54, 1.807) is 39.0 Å². The largest absolute Gasteiger partial charge is 0.467 e. The van der Waals surface area contributed by atoms with Crippen LogP contribution in [0.15, 0.2) is 34.9 Å². The lowest BCUT2D eigenvalue weighted by molar-refractivity contribution is -0.385. The van der Waals surface area contributed by atoms with Gasteiger partial charge in [0, 0.05) is 24.1 Å². The van der Waals surface area contributed by atoms with Crippen molar-refractivity contribution in [2.45, 2.75) is 39.3 Å². The number of nitrogens with one attached hydrogen (secondary N) is 2. The summed E-state index contributed by atoms with van der Waals surface area (Å²) >= 11 is 0. The number of carbonyl (C=O) groups is 1. The predicted molar refractivity (Wildman–Crippen MR) is 92.5 cm³/mol. The number of aryl methyl sites for hydroxylation is 2. The monoisotopic (exact) mass is 347 g/mol. The fraction of sp³-hybridized carbons (Fsp3) is 0.353. The van der Waals surface area contributed by atoms with Crippen molar-refractivity contribution >= 4 is 17.4 Å². The molecule has 8 nitrogen and oxygen atoms in total. The number of nitro benzene ring substituents is 1. The molecule has 0 bridgehead atoms. The molecule has 0 aliphatic rings. The standard InChI is InChI=1S/C17H21N3O5/c1-10-7-11(2)14(20(23)24)9-13(10)19-17(22)18-12(3)8-15(21)16-5-4-6-25-16/h4-7,9,12,15,21H,8H2,1-3H3,(H2,18,19,22)/t12-,15-/m1/s1. The van der Waals surface area contributed by atoms with Gasteiger partial charge in [-0.25, -0.2) is 4.79 Å². The summed E-state index contributed by atoms with van der Waals surface area (Å²) in [6.07, 6.45) is 0.914. The van der Waals surface area contributed by atoms with Crippen LogP contribution in [-0.4, -0.2) is 22.1 Å². The van der Waals surface area contributed by atoms with Gasteiger partial charge in [-0.15, -0.1) is 0 Å². The van der Waals surface area contributed by atoms with Gasteiger partial charge in [0.2, 0.25) is 0 Å². The van der Waals surface area contributed by atoms with Gasteiger partial charge in [-0.1, -0.05) is 0 Å². The third-order valence-electron chi connectivity index (χ3n) is 3.81. The van der Waals surface area contributed by atoms with Crippen LogP contribution < -0.4 is 10.6 Å². The van der Waals surface area contributed by atoms with Gasteiger partial charge in [-0.2, -0.15) is 0 Å². The fourth-order valence-electron chi connectivity index (χ4n) is 2.55. The Morgan fingerprint density at radius 2 is 2.08 bits per heavy atom. The highest BCUT2D eigenvalue weighted by Crippen LogP contribution is 2.26. The first-order valence-electron chi connectivity index (χ1n) is 7.82. The molecule has 1 aromatic carbocycles. The smallest absolute Gasteiger partial charge is 0.319 e. The van der Waals surface area contributed by atoms with E-state index < -0.39 is 17.1 Å². The highest BCUT2D eigenvalue weighted by molar-refractivity contribution is 5.90. The summed E-state index contributed by atoms with van der Waals surface area (Å²) < 4.78 is 5.12. The van der Waals surface area contributed by atoms with Crippen LogP contribution in [0.5, 0.6) is 0 Å². The highest BCUT2D eigenvalue weighted by Gasteiger charge is 2.18. The summed E-state index contributed by atoms with van der Waals surface area (Å²) in [5.74, 6) is 0.430. The Labute approximate surface area is 145 Å². The van der Waals surface area contributed by atoms with E-state index in [1.807, 2.05) is 0 Å². The van der Waals surface area contributed by atoms with E-state index in [1.165, 1.54) is 12.3 Å². The van der Waals surface area contributed by atoms with Crippen LogP contribution in [0.1, 0.15) is 36.3 Å². The van der Waals surface area contributed by atoms with Crippen molar-refractivity contribution in [3.8, 4) is 0 Å². The average molecular weight is 347 g/mol. The third-order valence-corrected chi connectivity index (χ3v) is 3.81. The average Bonchev–Trinajstić information content (AvgIpc) is 3.03.